The molecule has 0 saturated carbocycles. The van der Waals surface area contributed by atoms with Crippen LogP contribution in [0.15, 0.2) is 47.5 Å². The Morgan fingerprint density at radius 2 is 1.68 bits per heavy atom. The van der Waals surface area contributed by atoms with Crippen LogP contribution in [0, 0.1) is 5.82 Å². The summed E-state index contributed by atoms with van der Waals surface area (Å²) in [5, 5.41) is 6.44. The molecule has 0 saturated heterocycles. The van der Waals surface area contributed by atoms with Gasteiger partial charge in [-0.1, -0.05) is 32.0 Å². The van der Waals surface area contributed by atoms with E-state index in [9.17, 15) is 4.39 Å². The van der Waals surface area contributed by atoms with E-state index in [4.69, 9.17) is 9.47 Å². The molecular formula is C23H34FIN4O2. The van der Waals surface area contributed by atoms with Gasteiger partial charge in [-0.25, -0.2) is 4.39 Å². The number of nitrogens with zero attached hydrogens (tertiary/aromatic N) is 2. The maximum atomic E-state index is 13.3. The first-order valence-corrected chi connectivity index (χ1v) is 10.3. The smallest absolute Gasteiger partial charge is 0.191 e. The number of halogens is 2. The maximum Gasteiger partial charge on any atom is 0.191 e. The molecule has 2 aromatic rings. The third-order valence-corrected chi connectivity index (χ3v) is 4.82. The fourth-order valence-corrected chi connectivity index (χ4v) is 3.00. The summed E-state index contributed by atoms with van der Waals surface area (Å²) in [4.78, 5) is 6.53. The summed E-state index contributed by atoms with van der Waals surface area (Å²) in [7, 11) is 3.34. The number of hydrogen-bond acceptors (Lipinski definition) is 4. The number of hydrogen-bond donors (Lipinski definition) is 2. The molecule has 2 rings (SSSR count). The summed E-state index contributed by atoms with van der Waals surface area (Å²) in [5.41, 5.74) is 1.89. The minimum absolute atomic E-state index is 0. The molecule has 2 aromatic carbocycles. The van der Waals surface area contributed by atoms with E-state index in [0.29, 0.717) is 31.4 Å². The number of guanidine groups is 1. The van der Waals surface area contributed by atoms with Gasteiger partial charge in [-0.3, -0.25) is 4.99 Å². The second kappa shape index (κ2) is 14.9. The van der Waals surface area contributed by atoms with Gasteiger partial charge in [-0.2, -0.15) is 0 Å². The number of likely N-dealkylation sites (N-methyl/N-ethyl adjacent to an activating group) is 1. The zero-order chi connectivity index (χ0) is 21.8. The number of benzene rings is 2. The van der Waals surface area contributed by atoms with E-state index in [1.165, 1.54) is 12.1 Å². The summed E-state index contributed by atoms with van der Waals surface area (Å²) < 4.78 is 24.7. The first-order valence-electron chi connectivity index (χ1n) is 10.3. The average Bonchev–Trinajstić information content (AvgIpc) is 2.77. The Morgan fingerprint density at radius 1 is 1.00 bits per heavy atom. The van der Waals surface area contributed by atoms with Gasteiger partial charge in [0.2, 0.25) is 0 Å². The molecule has 0 heterocycles. The molecule has 31 heavy (non-hydrogen) atoms. The highest BCUT2D eigenvalue weighted by Gasteiger charge is 2.08. The lowest BCUT2D eigenvalue weighted by molar-refractivity contribution is 0.217. The SMILES string of the molecule is CCN(CC)CCOc1ccc(CNC(=NC)NCc2cccc(F)c2)cc1OC.I. The van der Waals surface area contributed by atoms with Gasteiger partial charge in [-0.15, -0.1) is 24.0 Å². The van der Waals surface area contributed by atoms with E-state index in [1.807, 2.05) is 24.3 Å². The van der Waals surface area contributed by atoms with Gasteiger partial charge in [0.1, 0.15) is 12.4 Å². The number of methoxy groups -OCH3 is 1. The van der Waals surface area contributed by atoms with Crippen LogP contribution in [0.5, 0.6) is 11.5 Å². The molecule has 8 heteroatoms. The van der Waals surface area contributed by atoms with E-state index in [-0.39, 0.29) is 29.8 Å². The molecule has 6 nitrogen and oxygen atoms in total. The third-order valence-electron chi connectivity index (χ3n) is 4.82. The minimum Gasteiger partial charge on any atom is -0.493 e. The van der Waals surface area contributed by atoms with Crippen molar-refractivity contribution >= 4 is 29.9 Å². The Morgan fingerprint density at radius 3 is 2.26 bits per heavy atom. The van der Waals surface area contributed by atoms with Crippen LogP contribution >= 0.6 is 24.0 Å². The normalized spacial score (nSPS) is 11.1. The van der Waals surface area contributed by atoms with E-state index < -0.39 is 0 Å². The predicted octanol–water partition coefficient (Wildman–Crippen LogP) is 4.04. The molecule has 0 aliphatic heterocycles. The first-order chi connectivity index (χ1) is 14.6. The Kier molecular flexibility index (Phi) is 12.9. The van der Waals surface area contributed by atoms with Gasteiger partial charge in [-0.05, 0) is 48.5 Å². The average molecular weight is 544 g/mol. The highest BCUT2D eigenvalue weighted by Crippen LogP contribution is 2.28. The molecule has 172 valence electrons. The Bertz CT molecular complexity index is 816. The summed E-state index contributed by atoms with van der Waals surface area (Å²) in [5.74, 6) is 1.83. The van der Waals surface area contributed by atoms with Gasteiger partial charge >= 0.3 is 0 Å². The predicted molar refractivity (Wildman–Crippen MR) is 135 cm³/mol. The van der Waals surface area contributed by atoms with E-state index >= 15 is 0 Å². The summed E-state index contributed by atoms with van der Waals surface area (Å²) in [6, 6.07) is 12.4. The lowest BCUT2D eigenvalue weighted by Gasteiger charge is -2.19. The standard InChI is InChI=1S/C23H33FN4O2.HI/c1-5-28(6-2)12-13-30-21-11-10-19(15-22(21)29-4)17-27-23(25-3)26-16-18-8-7-9-20(24)14-18;/h7-11,14-15H,5-6,12-13,16-17H2,1-4H3,(H2,25,26,27);1H. The van der Waals surface area contributed by atoms with Crippen molar-refractivity contribution in [1.29, 1.82) is 0 Å². The molecular weight excluding hydrogens is 510 g/mol. The Balaban J connectivity index is 0.00000480. The van der Waals surface area contributed by atoms with Crippen LogP contribution in [0.3, 0.4) is 0 Å². The minimum atomic E-state index is -0.247. The fraction of sp³-hybridized carbons (Fsp3) is 0.435. The van der Waals surface area contributed by atoms with Crippen LogP contribution < -0.4 is 20.1 Å². The van der Waals surface area contributed by atoms with Gasteiger partial charge < -0.3 is 25.0 Å². The highest BCUT2D eigenvalue weighted by molar-refractivity contribution is 14.0. The summed E-state index contributed by atoms with van der Waals surface area (Å²) in [6.07, 6.45) is 0. The van der Waals surface area contributed by atoms with Crippen molar-refractivity contribution in [2.45, 2.75) is 26.9 Å². The van der Waals surface area contributed by atoms with Crippen LogP contribution in [0.25, 0.3) is 0 Å². The number of aliphatic imine (C=N–C) groups is 1. The molecule has 0 bridgehead atoms. The Hall–Kier alpha value is -2.07. The van der Waals surface area contributed by atoms with Crippen LogP contribution in [0.2, 0.25) is 0 Å². The molecule has 0 radical (unpaired) electrons. The Labute approximate surface area is 202 Å². The van der Waals surface area contributed by atoms with Crippen LogP contribution in [0.1, 0.15) is 25.0 Å². The van der Waals surface area contributed by atoms with Crippen molar-refractivity contribution in [1.82, 2.24) is 15.5 Å². The molecule has 0 spiro atoms. The largest absolute Gasteiger partial charge is 0.493 e. The molecule has 0 atom stereocenters. The van der Waals surface area contributed by atoms with Gasteiger partial charge in [0.05, 0.1) is 7.11 Å². The summed E-state index contributed by atoms with van der Waals surface area (Å²) >= 11 is 0. The van der Waals surface area contributed by atoms with Crippen molar-refractivity contribution in [2.24, 2.45) is 4.99 Å². The van der Waals surface area contributed by atoms with E-state index in [0.717, 1.165) is 36.5 Å². The zero-order valence-corrected chi connectivity index (χ0v) is 21.1. The number of nitrogens with one attached hydrogen (secondary N) is 2. The molecule has 0 unspecified atom stereocenters. The molecule has 0 amide bonds. The van der Waals surface area contributed by atoms with Gasteiger partial charge in [0.25, 0.3) is 0 Å². The third kappa shape index (κ3) is 9.30. The number of ether oxygens (including phenoxy) is 2. The van der Waals surface area contributed by atoms with Crippen molar-refractivity contribution in [3.8, 4) is 11.5 Å². The van der Waals surface area contributed by atoms with Crippen molar-refractivity contribution in [2.75, 3.05) is 40.4 Å². The van der Waals surface area contributed by atoms with Crippen LogP contribution in [-0.4, -0.2) is 51.3 Å². The monoisotopic (exact) mass is 544 g/mol. The second-order valence-electron chi connectivity index (χ2n) is 6.77. The van der Waals surface area contributed by atoms with Crippen molar-refractivity contribution < 1.29 is 13.9 Å². The fourth-order valence-electron chi connectivity index (χ4n) is 3.00. The lowest BCUT2D eigenvalue weighted by Crippen LogP contribution is -2.36. The van der Waals surface area contributed by atoms with Crippen molar-refractivity contribution in [3.63, 3.8) is 0 Å². The molecule has 0 aliphatic rings. The van der Waals surface area contributed by atoms with Crippen LogP contribution in [-0.2, 0) is 13.1 Å². The second-order valence-corrected chi connectivity index (χ2v) is 6.77. The van der Waals surface area contributed by atoms with E-state index in [2.05, 4.69) is 34.4 Å². The van der Waals surface area contributed by atoms with Crippen LogP contribution in [0.4, 0.5) is 4.39 Å². The lowest BCUT2D eigenvalue weighted by atomic mass is 10.2. The topological polar surface area (TPSA) is 58.1 Å². The maximum absolute atomic E-state index is 13.3. The summed E-state index contributed by atoms with van der Waals surface area (Å²) in [6.45, 7) is 8.86. The molecule has 0 fully saturated rings. The highest BCUT2D eigenvalue weighted by atomic mass is 127. The van der Waals surface area contributed by atoms with Gasteiger partial charge in [0, 0.05) is 26.7 Å². The van der Waals surface area contributed by atoms with E-state index in [1.54, 1.807) is 20.2 Å². The molecule has 2 N–H and O–H groups in total. The first kappa shape index (κ1) is 27.0. The van der Waals surface area contributed by atoms with Crippen molar-refractivity contribution in [3.05, 3.63) is 59.4 Å². The zero-order valence-electron chi connectivity index (χ0n) is 18.8. The molecule has 0 aromatic heterocycles. The quantitative estimate of drug-likeness (QED) is 0.254. The number of rotatable bonds is 11. The molecule has 0 aliphatic carbocycles. The van der Waals surface area contributed by atoms with Gasteiger partial charge in [0.15, 0.2) is 17.5 Å².